The van der Waals surface area contributed by atoms with E-state index in [1.54, 1.807) is 12.1 Å². The van der Waals surface area contributed by atoms with E-state index in [1.807, 2.05) is 55.7 Å². The zero-order valence-electron chi connectivity index (χ0n) is 17.6. The Morgan fingerprint density at radius 2 is 1.81 bits per heavy atom. The van der Waals surface area contributed by atoms with E-state index in [9.17, 15) is 9.59 Å². The van der Waals surface area contributed by atoms with Gasteiger partial charge in [0.05, 0.1) is 18.0 Å². The van der Waals surface area contributed by atoms with Crippen LogP contribution in [0.5, 0.6) is 0 Å². The highest BCUT2D eigenvalue weighted by atomic mass is 79.9. The van der Waals surface area contributed by atoms with Gasteiger partial charge in [0.2, 0.25) is 5.91 Å². The second-order valence-corrected chi connectivity index (χ2v) is 8.74. The number of thioether (sulfide) groups is 1. The van der Waals surface area contributed by atoms with E-state index in [-0.39, 0.29) is 24.1 Å². The van der Waals surface area contributed by atoms with Gasteiger partial charge < -0.3 is 15.2 Å². The molecular weight excluding hydrogens is 478 g/mol. The van der Waals surface area contributed by atoms with Gasteiger partial charge in [0.15, 0.2) is 11.0 Å². The maximum atomic E-state index is 12.4. The molecule has 7 nitrogen and oxygen atoms in total. The summed E-state index contributed by atoms with van der Waals surface area (Å²) in [5.41, 5.74) is 3.60. The molecule has 0 aliphatic heterocycles. The fourth-order valence-corrected chi connectivity index (χ4v) is 4.30. The molecule has 2 N–H and O–H groups in total. The van der Waals surface area contributed by atoms with Gasteiger partial charge in [0.25, 0.3) is 5.91 Å². The number of aromatic nitrogens is 3. The highest BCUT2D eigenvalue weighted by Crippen LogP contribution is 2.26. The monoisotopic (exact) mass is 501 g/mol. The summed E-state index contributed by atoms with van der Waals surface area (Å²) in [6, 6.07) is 13.0. The van der Waals surface area contributed by atoms with Crippen LogP contribution in [0.3, 0.4) is 0 Å². The van der Waals surface area contributed by atoms with Gasteiger partial charge in [-0.05, 0) is 72.1 Å². The maximum absolute atomic E-state index is 12.4. The third kappa shape index (κ3) is 5.95. The van der Waals surface area contributed by atoms with Crippen LogP contribution in [0.1, 0.15) is 34.2 Å². The van der Waals surface area contributed by atoms with Crippen molar-refractivity contribution in [2.75, 3.05) is 11.1 Å². The molecule has 0 saturated heterocycles. The van der Waals surface area contributed by atoms with Crippen LogP contribution in [-0.4, -0.2) is 32.3 Å². The smallest absolute Gasteiger partial charge is 0.251 e. The first-order valence-electron chi connectivity index (χ1n) is 9.83. The number of rotatable bonds is 8. The van der Waals surface area contributed by atoms with Crippen LogP contribution in [0.4, 0.5) is 5.69 Å². The average molecular weight is 502 g/mol. The summed E-state index contributed by atoms with van der Waals surface area (Å²) in [7, 11) is 0. The molecule has 0 radical (unpaired) electrons. The second-order valence-electron chi connectivity index (χ2n) is 6.94. The van der Waals surface area contributed by atoms with Gasteiger partial charge in [-0.25, -0.2) is 0 Å². The highest BCUT2D eigenvalue weighted by molar-refractivity contribution is 9.10. The van der Waals surface area contributed by atoms with Crippen molar-refractivity contribution >= 4 is 45.2 Å². The Kier molecular flexibility index (Phi) is 7.86. The number of halogens is 1. The van der Waals surface area contributed by atoms with E-state index < -0.39 is 0 Å². The Morgan fingerprint density at radius 3 is 2.52 bits per heavy atom. The zero-order chi connectivity index (χ0) is 22.4. The van der Waals surface area contributed by atoms with Crippen LogP contribution in [0, 0.1) is 13.8 Å². The lowest BCUT2D eigenvalue weighted by Crippen LogP contribution is -2.24. The Balaban J connectivity index is 1.58. The number of aryl methyl sites for hydroxylation is 2. The fourth-order valence-electron chi connectivity index (χ4n) is 2.92. The van der Waals surface area contributed by atoms with Gasteiger partial charge in [-0.15, -0.1) is 10.2 Å². The molecule has 0 atom stereocenters. The topological polar surface area (TPSA) is 88.9 Å². The SMILES string of the molecule is CCn1c(CNC(=O)c2ccccc2)nnc1SCC(=O)Nc1cc(C)c(C)cc1Br. The first kappa shape index (κ1) is 23.0. The minimum atomic E-state index is -0.168. The van der Waals surface area contributed by atoms with Crippen molar-refractivity contribution in [2.45, 2.75) is 39.0 Å². The average Bonchev–Trinajstić information content (AvgIpc) is 3.16. The number of amides is 2. The molecule has 2 aromatic carbocycles. The molecular formula is C22H24BrN5O2S. The van der Waals surface area contributed by atoms with Crippen molar-refractivity contribution < 1.29 is 9.59 Å². The third-order valence-electron chi connectivity index (χ3n) is 4.74. The molecule has 3 rings (SSSR count). The van der Waals surface area contributed by atoms with Gasteiger partial charge in [-0.3, -0.25) is 9.59 Å². The van der Waals surface area contributed by atoms with Gasteiger partial charge in [0, 0.05) is 16.6 Å². The van der Waals surface area contributed by atoms with E-state index in [1.165, 1.54) is 11.8 Å². The number of anilines is 1. The minimum absolute atomic E-state index is 0.126. The van der Waals surface area contributed by atoms with E-state index in [4.69, 9.17) is 0 Å². The fraction of sp³-hybridized carbons (Fsp3) is 0.273. The largest absolute Gasteiger partial charge is 0.345 e. The van der Waals surface area contributed by atoms with Crippen LogP contribution in [0.25, 0.3) is 0 Å². The lowest BCUT2D eigenvalue weighted by Gasteiger charge is -2.11. The minimum Gasteiger partial charge on any atom is -0.345 e. The van der Waals surface area contributed by atoms with Crippen molar-refractivity contribution in [3.63, 3.8) is 0 Å². The standard InChI is InChI=1S/C22H24BrN5O2S/c1-4-28-19(12-24-21(30)16-8-6-5-7-9-16)26-27-22(28)31-13-20(29)25-18-11-15(3)14(2)10-17(18)23/h5-11H,4,12-13H2,1-3H3,(H,24,30)(H,25,29). The van der Waals surface area contributed by atoms with E-state index >= 15 is 0 Å². The van der Waals surface area contributed by atoms with Crippen molar-refractivity contribution in [2.24, 2.45) is 0 Å². The molecule has 0 spiro atoms. The van der Waals surface area contributed by atoms with Crippen molar-refractivity contribution in [1.29, 1.82) is 0 Å². The lowest BCUT2D eigenvalue weighted by atomic mass is 10.1. The molecule has 0 aliphatic carbocycles. The van der Waals surface area contributed by atoms with Gasteiger partial charge >= 0.3 is 0 Å². The molecule has 0 saturated carbocycles. The first-order chi connectivity index (χ1) is 14.9. The Morgan fingerprint density at radius 1 is 1.10 bits per heavy atom. The number of hydrogen-bond acceptors (Lipinski definition) is 5. The van der Waals surface area contributed by atoms with E-state index in [0.29, 0.717) is 23.1 Å². The molecule has 162 valence electrons. The lowest BCUT2D eigenvalue weighted by molar-refractivity contribution is -0.113. The van der Waals surface area contributed by atoms with Crippen molar-refractivity contribution in [1.82, 2.24) is 20.1 Å². The van der Waals surface area contributed by atoms with Gasteiger partial charge in [0.1, 0.15) is 0 Å². The quantitative estimate of drug-likeness (QED) is 0.448. The summed E-state index contributed by atoms with van der Waals surface area (Å²) in [6.45, 7) is 6.91. The molecule has 2 amide bonds. The Labute approximate surface area is 194 Å². The summed E-state index contributed by atoms with van der Waals surface area (Å²) in [5, 5.41) is 14.8. The van der Waals surface area contributed by atoms with Crippen LogP contribution in [0.2, 0.25) is 0 Å². The summed E-state index contributed by atoms with van der Waals surface area (Å²) in [6.07, 6.45) is 0. The first-order valence-corrected chi connectivity index (χ1v) is 11.6. The molecule has 0 bridgehead atoms. The van der Waals surface area contributed by atoms with Crippen LogP contribution < -0.4 is 10.6 Å². The predicted molar refractivity (Wildman–Crippen MR) is 126 cm³/mol. The van der Waals surface area contributed by atoms with Crippen LogP contribution in [0.15, 0.2) is 52.1 Å². The highest BCUT2D eigenvalue weighted by Gasteiger charge is 2.15. The maximum Gasteiger partial charge on any atom is 0.251 e. The number of hydrogen-bond donors (Lipinski definition) is 2. The summed E-state index contributed by atoms with van der Waals surface area (Å²) >= 11 is 4.81. The number of benzene rings is 2. The van der Waals surface area contributed by atoms with E-state index in [0.717, 1.165) is 21.3 Å². The van der Waals surface area contributed by atoms with E-state index in [2.05, 4.69) is 36.8 Å². The summed E-state index contributed by atoms with van der Waals surface area (Å²) in [4.78, 5) is 24.7. The molecule has 9 heteroatoms. The summed E-state index contributed by atoms with van der Waals surface area (Å²) < 4.78 is 2.75. The molecule has 0 aliphatic rings. The molecule has 31 heavy (non-hydrogen) atoms. The number of nitrogens with zero attached hydrogens (tertiary/aromatic N) is 3. The van der Waals surface area contributed by atoms with Crippen LogP contribution in [-0.2, 0) is 17.9 Å². The number of carbonyl (C=O) groups excluding carboxylic acids is 2. The molecule has 3 aromatic rings. The van der Waals surface area contributed by atoms with Gasteiger partial charge in [-0.1, -0.05) is 30.0 Å². The predicted octanol–water partition coefficient (Wildman–Crippen LogP) is 4.34. The van der Waals surface area contributed by atoms with Crippen LogP contribution >= 0.6 is 27.7 Å². The molecule has 1 heterocycles. The van der Waals surface area contributed by atoms with Gasteiger partial charge in [-0.2, -0.15) is 0 Å². The van der Waals surface area contributed by atoms with Crippen molar-refractivity contribution in [3.05, 3.63) is 69.5 Å². The zero-order valence-corrected chi connectivity index (χ0v) is 20.0. The third-order valence-corrected chi connectivity index (χ3v) is 6.37. The second kappa shape index (κ2) is 10.6. The summed E-state index contributed by atoms with van der Waals surface area (Å²) in [5.74, 6) is 0.553. The van der Waals surface area contributed by atoms with Crippen molar-refractivity contribution in [3.8, 4) is 0 Å². The Bertz CT molecular complexity index is 1090. The Hall–Kier alpha value is -2.65. The molecule has 0 unspecified atom stereocenters. The number of nitrogens with one attached hydrogen (secondary N) is 2. The normalized spacial score (nSPS) is 10.7. The number of carbonyl (C=O) groups is 2. The molecule has 0 fully saturated rings. The molecule has 1 aromatic heterocycles.